The predicted molar refractivity (Wildman–Crippen MR) is 190 cm³/mol. The van der Waals surface area contributed by atoms with Crippen LogP contribution in [0.5, 0.6) is 0 Å². The van der Waals surface area contributed by atoms with Crippen molar-refractivity contribution >= 4 is 68.7 Å². The lowest BCUT2D eigenvalue weighted by Crippen LogP contribution is -2.30. The molecule has 1 heterocycles. The van der Waals surface area contributed by atoms with Gasteiger partial charge in [0.05, 0.1) is 26.8 Å². The lowest BCUT2D eigenvalue weighted by Gasteiger charge is -2.17. The molecule has 6 aromatic rings. The van der Waals surface area contributed by atoms with E-state index in [2.05, 4.69) is 10.6 Å². The molecule has 0 fully saturated rings. The van der Waals surface area contributed by atoms with Gasteiger partial charge in [0.15, 0.2) is 0 Å². The van der Waals surface area contributed by atoms with Gasteiger partial charge in [-0.2, -0.15) is 0 Å². The highest BCUT2D eigenvalue weighted by Crippen LogP contribution is 2.33. The summed E-state index contributed by atoms with van der Waals surface area (Å²) in [6.07, 6.45) is 1.85. The number of benzene rings is 5. The number of anilines is 1. The van der Waals surface area contributed by atoms with Crippen molar-refractivity contribution in [3.05, 3.63) is 154 Å². The van der Waals surface area contributed by atoms with E-state index in [1.807, 2.05) is 61.5 Å². The van der Waals surface area contributed by atoms with Crippen molar-refractivity contribution in [2.24, 2.45) is 0 Å². The molecule has 0 aliphatic rings. The van der Waals surface area contributed by atoms with Crippen LogP contribution in [-0.4, -0.2) is 32.5 Å². The first kappa shape index (κ1) is 32.0. The number of aromatic nitrogens is 1. The van der Waals surface area contributed by atoms with Gasteiger partial charge >= 0.3 is 0 Å². The van der Waals surface area contributed by atoms with Gasteiger partial charge in [-0.05, 0) is 61.0 Å². The molecule has 0 aliphatic heterocycles. The van der Waals surface area contributed by atoms with Crippen LogP contribution in [0.3, 0.4) is 0 Å². The molecule has 2 N–H and O–H groups in total. The van der Waals surface area contributed by atoms with Gasteiger partial charge in [-0.25, -0.2) is 0 Å². The van der Waals surface area contributed by atoms with Gasteiger partial charge in [-0.3, -0.25) is 29.1 Å². The van der Waals surface area contributed by atoms with E-state index in [0.29, 0.717) is 17.7 Å². The minimum atomic E-state index is -0.673. The van der Waals surface area contributed by atoms with Crippen LogP contribution in [0.25, 0.3) is 27.9 Å². The van der Waals surface area contributed by atoms with E-state index in [4.69, 9.17) is 0 Å². The van der Waals surface area contributed by atoms with E-state index in [9.17, 15) is 24.5 Å². The van der Waals surface area contributed by atoms with Gasteiger partial charge in [-0.1, -0.05) is 79.7 Å². The molecule has 5 aromatic carbocycles. The van der Waals surface area contributed by atoms with Crippen molar-refractivity contribution in [1.29, 1.82) is 0 Å². The SMILES string of the molecule is CCC(Sc1cccc(NC(=O)/C(=C\c2ccccc2[N+](=O)[O-])NC(=O)c2ccccc2)c1)C(=O)n1c2ccccc2c2ccccc21. The molecule has 1 unspecified atom stereocenters. The highest BCUT2D eigenvalue weighted by molar-refractivity contribution is 8.00. The Morgan fingerprint density at radius 3 is 2.10 bits per heavy atom. The van der Waals surface area contributed by atoms with Crippen molar-refractivity contribution < 1.29 is 19.3 Å². The normalized spacial score (nSPS) is 12.1. The second kappa shape index (κ2) is 14.2. The maximum atomic E-state index is 14.1. The topological polar surface area (TPSA) is 123 Å². The number of hydrogen-bond acceptors (Lipinski definition) is 6. The van der Waals surface area contributed by atoms with E-state index in [0.717, 1.165) is 26.7 Å². The van der Waals surface area contributed by atoms with E-state index < -0.39 is 22.0 Å². The van der Waals surface area contributed by atoms with Crippen molar-refractivity contribution in [2.45, 2.75) is 23.5 Å². The quantitative estimate of drug-likeness (QED) is 0.0663. The molecule has 0 spiro atoms. The molecule has 0 aliphatic carbocycles. The van der Waals surface area contributed by atoms with Crippen molar-refractivity contribution in [1.82, 2.24) is 9.88 Å². The molecular weight excluding hydrogens is 625 g/mol. The van der Waals surface area contributed by atoms with Crippen LogP contribution < -0.4 is 10.6 Å². The first-order valence-electron chi connectivity index (χ1n) is 15.3. The van der Waals surface area contributed by atoms with Gasteiger partial charge in [0.2, 0.25) is 5.91 Å². The third-order valence-corrected chi connectivity index (χ3v) is 9.12. The van der Waals surface area contributed by atoms with Gasteiger partial charge < -0.3 is 10.6 Å². The third-order valence-electron chi connectivity index (χ3n) is 7.78. The lowest BCUT2D eigenvalue weighted by molar-refractivity contribution is -0.385. The molecule has 0 bridgehead atoms. The van der Waals surface area contributed by atoms with E-state index >= 15 is 0 Å². The number of fused-ring (bicyclic) bond motifs is 3. The molecule has 1 atom stereocenters. The van der Waals surface area contributed by atoms with Crippen LogP contribution in [0, 0.1) is 10.1 Å². The summed E-state index contributed by atoms with van der Waals surface area (Å²) >= 11 is 1.40. The molecule has 6 rings (SSSR count). The predicted octanol–water partition coefficient (Wildman–Crippen LogP) is 8.32. The molecule has 2 amide bonds. The average molecular weight is 655 g/mol. The number of nitro benzene ring substituents is 1. The van der Waals surface area contributed by atoms with Crippen molar-refractivity contribution in [3.8, 4) is 0 Å². The minimum Gasteiger partial charge on any atom is -0.321 e. The zero-order valence-electron chi connectivity index (χ0n) is 25.8. The van der Waals surface area contributed by atoms with Gasteiger partial charge in [0, 0.05) is 33.0 Å². The van der Waals surface area contributed by atoms with E-state index in [-0.39, 0.29) is 22.9 Å². The van der Waals surface area contributed by atoms with Crippen LogP contribution in [0.1, 0.15) is 34.1 Å². The average Bonchev–Trinajstić information content (AvgIpc) is 3.45. The Hall–Kier alpha value is -6.00. The standard InChI is InChI=1S/C38H30N4O5S/c1-2-35(38(45)41-33-21-10-7-18-29(33)30-19-8-11-22-34(30)41)48-28-17-12-16-27(24-28)39-37(44)31(40-36(43)25-13-4-3-5-14-25)23-26-15-6-9-20-32(26)42(46)47/h3-24,35H,2H2,1H3,(H,39,44)(H,40,43)/b31-23+. The number of nitrogens with zero attached hydrogens (tertiary/aromatic N) is 2. The summed E-state index contributed by atoms with van der Waals surface area (Å²) < 4.78 is 1.78. The summed E-state index contributed by atoms with van der Waals surface area (Å²) in [5, 5.41) is 18.7. The van der Waals surface area contributed by atoms with E-state index in [1.54, 1.807) is 59.2 Å². The summed E-state index contributed by atoms with van der Waals surface area (Å²) in [7, 11) is 0. The molecule has 238 valence electrons. The highest BCUT2D eigenvalue weighted by atomic mass is 32.2. The summed E-state index contributed by atoms with van der Waals surface area (Å²) in [6, 6.07) is 37.1. The zero-order chi connectivity index (χ0) is 33.6. The number of rotatable bonds is 10. The van der Waals surface area contributed by atoms with Crippen LogP contribution in [-0.2, 0) is 4.79 Å². The lowest BCUT2D eigenvalue weighted by atomic mass is 10.1. The molecule has 9 nitrogen and oxygen atoms in total. The number of para-hydroxylation sites is 3. The number of nitrogens with one attached hydrogen (secondary N) is 2. The fraction of sp³-hybridized carbons (Fsp3) is 0.0789. The largest absolute Gasteiger partial charge is 0.321 e. The Kier molecular flexibility index (Phi) is 9.45. The fourth-order valence-electron chi connectivity index (χ4n) is 5.50. The first-order valence-corrected chi connectivity index (χ1v) is 16.1. The number of amides is 2. The summed E-state index contributed by atoms with van der Waals surface area (Å²) in [5.74, 6) is -1.27. The zero-order valence-corrected chi connectivity index (χ0v) is 26.6. The molecular formula is C38H30N4O5S. The Bertz CT molecular complexity index is 2160. The molecule has 10 heteroatoms. The fourth-order valence-corrected chi connectivity index (χ4v) is 6.55. The first-order chi connectivity index (χ1) is 23.3. The molecule has 0 saturated carbocycles. The summed E-state index contributed by atoms with van der Waals surface area (Å²) in [6.45, 7) is 1.96. The smallest absolute Gasteiger partial charge is 0.276 e. The molecule has 0 radical (unpaired) electrons. The number of carbonyl (C=O) groups excluding carboxylic acids is 3. The second-order valence-electron chi connectivity index (χ2n) is 10.9. The van der Waals surface area contributed by atoms with Crippen molar-refractivity contribution in [2.75, 3.05) is 5.32 Å². The highest BCUT2D eigenvalue weighted by Gasteiger charge is 2.24. The molecule has 48 heavy (non-hydrogen) atoms. The maximum Gasteiger partial charge on any atom is 0.276 e. The number of hydrogen-bond donors (Lipinski definition) is 2. The van der Waals surface area contributed by atoms with Crippen LogP contribution >= 0.6 is 11.8 Å². The van der Waals surface area contributed by atoms with Crippen LogP contribution in [0.15, 0.2) is 138 Å². The number of nitro groups is 1. The van der Waals surface area contributed by atoms with Crippen LogP contribution in [0.2, 0.25) is 0 Å². The Morgan fingerprint density at radius 2 is 1.44 bits per heavy atom. The minimum absolute atomic E-state index is 0.0485. The summed E-state index contributed by atoms with van der Waals surface area (Å²) in [4.78, 5) is 52.6. The molecule has 1 aromatic heterocycles. The third kappa shape index (κ3) is 6.74. The number of thioether (sulfide) groups is 1. The van der Waals surface area contributed by atoms with Gasteiger partial charge in [0.25, 0.3) is 17.5 Å². The monoisotopic (exact) mass is 654 g/mol. The summed E-state index contributed by atoms with van der Waals surface area (Å²) in [5.41, 5.74) is 2.19. The van der Waals surface area contributed by atoms with Gasteiger partial charge in [-0.15, -0.1) is 11.8 Å². The maximum absolute atomic E-state index is 14.1. The van der Waals surface area contributed by atoms with Crippen molar-refractivity contribution in [3.63, 3.8) is 0 Å². The van der Waals surface area contributed by atoms with Crippen LogP contribution in [0.4, 0.5) is 11.4 Å². The Labute approximate surface area is 280 Å². The number of carbonyl (C=O) groups is 3. The Balaban J connectivity index is 1.27. The Morgan fingerprint density at radius 1 is 0.812 bits per heavy atom. The molecule has 0 saturated heterocycles. The van der Waals surface area contributed by atoms with Gasteiger partial charge in [0.1, 0.15) is 5.70 Å². The van der Waals surface area contributed by atoms with E-state index in [1.165, 1.54) is 36.0 Å². The second-order valence-corrected chi connectivity index (χ2v) is 12.2.